The average Bonchev–Trinajstić information content (AvgIpc) is 3.01. The molecule has 4 heteroatoms. The van der Waals surface area contributed by atoms with Crippen molar-refractivity contribution in [2.75, 3.05) is 7.11 Å². The normalized spacial score (nSPS) is 10.3. The van der Waals surface area contributed by atoms with Gasteiger partial charge in [0, 0.05) is 23.7 Å². The zero-order chi connectivity index (χ0) is 14.7. The van der Waals surface area contributed by atoms with Crippen LogP contribution in [0.4, 0.5) is 0 Å². The van der Waals surface area contributed by atoms with E-state index in [1.54, 1.807) is 12.4 Å². The van der Waals surface area contributed by atoms with Gasteiger partial charge in [-0.15, -0.1) is 0 Å². The maximum atomic E-state index is 12.0. The highest BCUT2D eigenvalue weighted by Crippen LogP contribution is 2.29. The molecule has 2 heterocycles. The minimum Gasteiger partial charge on any atom is -0.465 e. The van der Waals surface area contributed by atoms with Crippen molar-refractivity contribution in [2.45, 2.75) is 0 Å². The molecule has 0 amide bonds. The molecule has 0 saturated heterocycles. The quantitative estimate of drug-likeness (QED) is 0.746. The fourth-order valence-corrected chi connectivity index (χ4v) is 2.24. The molecule has 0 atom stereocenters. The number of carbonyl (C=O) groups is 1. The van der Waals surface area contributed by atoms with Crippen LogP contribution in [-0.2, 0) is 4.74 Å². The molecule has 1 N–H and O–H groups in total. The molecule has 4 nitrogen and oxygen atoms in total. The van der Waals surface area contributed by atoms with Crippen LogP contribution in [0.5, 0.6) is 0 Å². The molecule has 0 saturated carbocycles. The summed E-state index contributed by atoms with van der Waals surface area (Å²) >= 11 is 0. The van der Waals surface area contributed by atoms with Crippen LogP contribution in [0.25, 0.3) is 22.5 Å². The van der Waals surface area contributed by atoms with E-state index in [0.717, 1.165) is 16.8 Å². The molecule has 0 fully saturated rings. The summed E-state index contributed by atoms with van der Waals surface area (Å²) < 4.78 is 4.87. The smallest absolute Gasteiger partial charge is 0.340 e. The summed E-state index contributed by atoms with van der Waals surface area (Å²) in [5.41, 5.74) is 3.95. The first-order valence-corrected chi connectivity index (χ1v) is 6.56. The number of esters is 1. The summed E-state index contributed by atoms with van der Waals surface area (Å²) in [6, 6.07) is 15.4. The van der Waals surface area contributed by atoms with Gasteiger partial charge in [-0.25, -0.2) is 4.79 Å². The largest absolute Gasteiger partial charge is 0.465 e. The number of hydrogen-bond donors (Lipinski definition) is 1. The molecule has 3 rings (SSSR count). The van der Waals surface area contributed by atoms with Gasteiger partial charge in [0.15, 0.2) is 0 Å². The Morgan fingerprint density at radius 2 is 1.86 bits per heavy atom. The van der Waals surface area contributed by atoms with Crippen LogP contribution in [0, 0.1) is 0 Å². The minimum absolute atomic E-state index is 0.368. The second-order valence-electron chi connectivity index (χ2n) is 4.57. The van der Waals surface area contributed by atoms with Crippen molar-refractivity contribution in [3.8, 4) is 22.5 Å². The van der Waals surface area contributed by atoms with Gasteiger partial charge in [-0.1, -0.05) is 30.3 Å². The van der Waals surface area contributed by atoms with E-state index in [2.05, 4.69) is 9.97 Å². The molecule has 0 bridgehead atoms. The first kappa shape index (κ1) is 13.1. The van der Waals surface area contributed by atoms with Crippen molar-refractivity contribution in [1.82, 2.24) is 9.97 Å². The van der Waals surface area contributed by atoms with Gasteiger partial charge in [0.1, 0.15) is 0 Å². The Labute approximate surface area is 122 Å². The minimum atomic E-state index is -0.368. The molecule has 0 spiro atoms. The van der Waals surface area contributed by atoms with E-state index in [0.29, 0.717) is 11.3 Å². The van der Waals surface area contributed by atoms with Crippen LogP contribution in [0.2, 0.25) is 0 Å². The zero-order valence-electron chi connectivity index (χ0n) is 11.5. The fourth-order valence-electron chi connectivity index (χ4n) is 2.24. The number of pyridine rings is 1. The number of aromatic amines is 1. The van der Waals surface area contributed by atoms with Gasteiger partial charge in [-0.2, -0.15) is 0 Å². The van der Waals surface area contributed by atoms with E-state index in [9.17, 15) is 4.79 Å². The molecule has 1 aromatic carbocycles. The van der Waals surface area contributed by atoms with Gasteiger partial charge in [0.25, 0.3) is 0 Å². The summed E-state index contributed by atoms with van der Waals surface area (Å²) in [5.74, 6) is -0.368. The lowest BCUT2D eigenvalue weighted by Gasteiger charge is -2.01. The molecule has 104 valence electrons. The summed E-state index contributed by atoms with van der Waals surface area (Å²) in [6.07, 6.45) is 3.41. The standard InChI is InChI=1S/C17H14N2O2/c1-21-17(20)14-10-15(12-6-3-2-4-7-12)19-16(14)13-8-5-9-18-11-13/h2-11,19H,1H3. The molecule has 3 aromatic rings. The maximum Gasteiger partial charge on any atom is 0.340 e. The molecule has 0 aliphatic heterocycles. The Kier molecular flexibility index (Phi) is 3.51. The van der Waals surface area contributed by atoms with Crippen molar-refractivity contribution in [2.24, 2.45) is 0 Å². The van der Waals surface area contributed by atoms with E-state index in [1.807, 2.05) is 48.5 Å². The fraction of sp³-hybridized carbons (Fsp3) is 0.0588. The SMILES string of the molecule is COC(=O)c1cc(-c2ccccc2)[nH]c1-c1cccnc1. The third-order valence-electron chi connectivity index (χ3n) is 3.26. The van der Waals surface area contributed by atoms with Crippen LogP contribution < -0.4 is 0 Å². The monoisotopic (exact) mass is 278 g/mol. The van der Waals surface area contributed by atoms with Gasteiger partial charge in [-0.05, 0) is 23.8 Å². The Morgan fingerprint density at radius 3 is 2.52 bits per heavy atom. The summed E-state index contributed by atoms with van der Waals surface area (Å²) in [7, 11) is 1.38. The van der Waals surface area contributed by atoms with Crippen LogP contribution in [0.1, 0.15) is 10.4 Å². The van der Waals surface area contributed by atoms with E-state index in [-0.39, 0.29) is 5.97 Å². The van der Waals surface area contributed by atoms with Gasteiger partial charge < -0.3 is 9.72 Å². The molecule has 2 aromatic heterocycles. The summed E-state index contributed by atoms with van der Waals surface area (Å²) in [5, 5.41) is 0. The van der Waals surface area contributed by atoms with Crippen LogP contribution in [0.15, 0.2) is 60.9 Å². The predicted octanol–water partition coefficient (Wildman–Crippen LogP) is 3.53. The van der Waals surface area contributed by atoms with Gasteiger partial charge >= 0.3 is 5.97 Å². The Hall–Kier alpha value is -2.88. The highest BCUT2D eigenvalue weighted by atomic mass is 16.5. The molecule has 21 heavy (non-hydrogen) atoms. The number of H-pyrrole nitrogens is 1. The highest BCUT2D eigenvalue weighted by Gasteiger charge is 2.18. The zero-order valence-corrected chi connectivity index (χ0v) is 11.5. The van der Waals surface area contributed by atoms with Crippen LogP contribution in [0.3, 0.4) is 0 Å². The number of nitrogens with zero attached hydrogens (tertiary/aromatic N) is 1. The van der Waals surface area contributed by atoms with E-state index in [1.165, 1.54) is 7.11 Å². The lowest BCUT2D eigenvalue weighted by Crippen LogP contribution is -2.01. The highest BCUT2D eigenvalue weighted by molar-refractivity contribution is 5.98. The van der Waals surface area contributed by atoms with Gasteiger partial charge in [0.2, 0.25) is 0 Å². The Morgan fingerprint density at radius 1 is 1.10 bits per heavy atom. The summed E-state index contributed by atoms with van der Waals surface area (Å²) in [4.78, 5) is 19.4. The second kappa shape index (κ2) is 5.63. The number of carbonyl (C=O) groups excluding carboxylic acids is 1. The van der Waals surface area contributed by atoms with Crippen LogP contribution in [-0.4, -0.2) is 23.0 Å². The number of nitrogens with one attached hydrogen (secondary N) is 1. The number of rotatable bonds is 3. The number of hydrogen-bond acceptors (Lipinski definition) is 3. The third kappa shape index (κ3) is 2.56. The van der Waals surface area contributed by atoms with Crippen molar-refractivity contribution in [3.05, 3.63) is 66.5 Å². The molecule has 0 unspecified atom stereocenters. The van der Waals surface area contributed by atoms with Crippen molar-refractivity contribution >= 4 is 5.97 Å². The maximum absolute atomic E-state index is 12.0. The molecular weight excluding hydrogens is 264 g/mol. The van der Waals surface area contributed by atoms with Crippen molar-refractivity contribution < 1.29 is 9.53 Å². The van der Waals surface area contributed by atoms with E-state index < -0.39 is 0 Å². The van der Waals surface area contributed by atoms with Gasteiger partial charge in [0.05, 0.1) is 18.4 Å². The average molecular weight is 278 g/mol. The molecular formula is C17H14N2O2. The first-order valence-electron chi connectivity index (χ1n) is 6.56. The van der Waals surface area contributed by atoms with Crippen molar-refractivity contribution in [1.29, 1.82) is 0 Å². The molecule has 0 aliphatic carbocycles. The topological polar surface area (TPSA) is 55.0 Å². The third-order valence-corrected chi connectivity index (χ3v) is 3.26. The second-order valence-corrected chi connectivity index (χ2v) is 4.57. The van der Waals surface area contributed by atoms with Crippen LogP contribution >= 0.6 is 0 Å². The lowest BCUT2D eigenvalue weighted by molar-refractivity contribution is 0.0602. The van der Waals surface area contributed by atoms with E-state index in [4.69, 9.17) is 4.74 Å². The number of methoxy groups -OCH3 is 1. The van der Waals surface area contributed by atoms with E-state index >= 15 is 0 Å². The number of aromatic nitrogens is 2. The molecule has 0 aliphatic rings. The summed E-state index contributed by atoms with van der Waals surface area (Å²) in [6.45, 7) is 0. The Bertz CT molecular complexity index is 749. The number of ether oxygens (including phenoxy) is 1. The Balaban J connectivity index is 2.14. The van der Waals surface area contributed by atoms with Crippen molar-refractivity contribution in [3.63, 3.8) is 0 Å². The first-order chi connectivity index (χ1) is 10.3. The van der Waals surface area contributed by atoms with Gasteiger partial charge in [-0.3, -0.25) is 4.98 Å². The number of benzene rings is 1. The molecule has 0 radical (unpaired) electrons. The predicted molar refractivity (Wildman–Crippen MR) is 80.8 cm³/mol. The lowest BCUT2D eigenvalue weighted by atomic mass is 10.1.